The summed E-state index contributed by atoms with van der Waals surface area (Å²) in [6.07, 6.45) is 2.39. The van der Waals surface area contributed by atoms with Gasteiger partial charge >= 0.3 is 0 Å². The van der Waals surface area contributed by atoms with Gasteiger partial charge in [0, 0.05) is 24.3 Å². The highest BCUT2D eigenvalue weighted by Gasteiger charge is 2.32. The molecule has 24 heavy (non-hydrogen) atoms. The van der Waals surface area contributed by atoms with Gasteiger partial charge in [-0.3, -0.25) is 14.8 Å². The number of hydroxylamine groups is 1. The summed E-state index contributed by atoms with van der Waals surface area (Å²) in [5.74, 6) is -0.0409. The van der Waals surface area contributed by atoms with Gasteiger partial charge in [0.1, 0.15) is 18.5 Å². The van der Waals surface area contributed by atoms with Gasteiger partial charge in [0.05, 0.1) is 6.04 Å². The lowest BCUT2D eigenvalue weighted by molar-refractivity contribution is -0.149. The molecule has 0 aromatic heterocycles. The SMILES string of the molecule is CC1COc2cc(C(=O)NO)ccc2CN1C(=O)[C@@H]1CCCCO1. The van der Waals surface area contributed by atoms with E-state index in [0.29, 0.717) is 31.1 Å². The lowest BCUT2D eigenvalue weighted by Gasteiger charge is -2.31. The number of nitrogens with one attached hydrogen (secondary N) is 1. The van der Waals surface area contributed by atoms with E-state index in [9.17, 15) is 9.59 Å². The van der Waals surface area contributed by atoms with Crippen LogP contribution in [0.25, 0.3) is 0 Å². The standard InChI is InChI=1S/C17H22N2O5/c1-11-10-24-15-8-12(16(20)18-22)5-6-13(15)9-19(11)17(21)14-4-2-3-7-23-14/h5-6,8,11,14,22H,2-4,7,9-10H2,1H3,(H,18,20)/t11?,14-/m0/s1. The molecule has 2 aliphatic heterocycles. The van der Waals surface area contributed by atoms with Crippen LogP contribution in [-0.4, -0.2) is 47.3 Å². The van der Waals surface area contributed by atoms with Crippen molar-refractivity contribution in [1.29, 1.82) is 0 Å². The van der Waals surface area contributed by atoms with Gasteiger partial charge in [-0.15, -0.1) is 0 Å². The molecule has 1 aromatic carbocycles. The molecule has 7 nitrogen and oxygen atoms in total. The molecule has 0 radical (unpaired) electrons. The minimum absolute atomic E-state index is 0.00386. The van der Waals surface area contributed by atoms with Crippen molar-refractivity contribution in [1.82, 2.24) is 10.4 Å². The molecule has 130 valence electrons. The number of hydrogen-bond acceptors (Lipinski definition) is 5. The Morgan fingerprint density at radius 1 is 1.33 bits per heavy atom. The molecule has 1 fully saturated rings. The van der Waals surface area contributed by atoms with Crippen molar-refractivity contribution in [3.8, 4) is 5.75 Å². The number of nitrogens with zero attached hydrogens (tertiary/aromatic N) is 1. The molecule has 0 bridgehead atoms. The number of carbonyl (C=O) groups is 2. The number of hydrogen-bond donors (Lipinski definition) is 2. The average Bonchev–Trinajstić information content (AvgIpc) is 2.80. The Labute approximate surface area is 140 Å². The van der Waals surface area contributed by atoms with Crippen LogP contribution in [0.15, 0.2) is 18.2 Å². The number of carbonyl (C=O) groups excluding carboxylic acids is 2. The summed E-state index contributed by atoms with van der Waals surface area (Å²) in [5, 5.41) is 8.74. The van der Waals surface area contributed by atoms with Crippen molar-refractivity contribution >= 4 is 11.8 Å². The lowest BCUT2D eigenvalue weighted by atomic mass is 10.1. The maximum atomic E-state index is 12.8. The number of ether oxygens (including phenoxy) is 2. The second-order valence-corrected chi connectivity index (χ2v) is 6.24. The molecule has 1 aromatic rings. The van der Waals surface area contributed by atoms with E-state index in [2.05, 4.69) is 0 Å². The Balaban J connectivity index is 1.81. The molecule has 2 N–H and O–H groups in total. The van der Waals surface area contributed by atoms with E-state index in [1.54, 1.807) is 28.6 Å². The van der Waals surface area contributed by atoms with Gasteiger partial charge in [-0.2, -0.15) is 0 Å². The van der Waals surface area contributed by atoms with Crippen molar-refractivity contribution < 1.29 is 24.3 Å². The maximum absolute atomic E-state index is 12.8. The molecule has 0 aliphatic carbocycles. The van der Waals surface area contributed by atoms with Crippen LogP contribution in [0, 0.1) is 0 Å². The lowest BCUT2D eigenvalue weighted by Crippen LogP contribution is -2.46. The quantitative estimate of drug-likeness (QED) is 0.632. The summed E-state index contributed by atoms with van der Waals surface area (Å²) in [6, 6.07) is 4.84. The van der Waals surface area contributed by atoms with Gasteiger partial charge in [0.2, 0.25) is 0 Å². The molecule has 7 heteroatoms. The first-order valence-electron chi connectivity index (χ1n) is 8.22. The highest BCUT2D eigenvalue weighted by molar-refractivity contribution is 5.93. The van der Waals surface area contributed by atoms with Crippen LogP contribution < -0.4 is 10.2 Å². The Bertz CT molecular complexity index is 627. The number of benzene rings is 1. The highest BCUT2D eigenvalue weighted by Crippen LogP contribution is 2.28. The molecular weight excluding hydrogens is 312 g/mol. The fraction of sp³-hybridized carbons (Fsp3) is 0.529. The van der Waals surface area contributed by atoms with Crippen molar-refractivity contribution in [3.05, 3.63) is 29.3 Å². The Morgan fingerprint density at radius 2 is 2.17 bits per heavy atom. The van der Waals surface area contributed by atoms with Crippen LogP contribution in [0.2, 0.25) is 0 Å². The summed E-state index contributed by atoms with van der Waals surface area (Å²) < 4.78 is 11.4. The van der Waals surface area contributed by atoms with Crippen molar-refractivity contribution in [3.63, 3.8) is 0 Å². The van der Waals surface area contributed by atoms with Crippen molar-refractivity contribution in [2.45, 2.75) is 44.9 Å². The molecule has 1 unspecified atom stereocenters. The molecule has 2 amide bonds. The van der Waals surface area contributed by atoms with Crippen LogP contribution in [-0.2, 0) is 16.1 Å². The second kappa shape index (κ2) is 7.19. The molecule has 0 spiro atoms. The van der Waals surface area contributed by atoms with Crippen molar-refractivity contribution in [2.75, 3.05) is 13.2 Å². The van der Waals surface area contributed by atoms with Gasteiger partial charge in [-0.05, 0) is 38.3 Å². The minimum Gasteiger partial charge on any atom is -0.491 e. The maximum Gasteiger partial charge on any atom is 0.274 e. The van der Waals surface area contributed by atoms with Gasteiger partial charge in [-0.1, -0.05) is 6.07 Å². The first-order valence-corrected chi connectivity index (χ1v) is 8.22. The molecule has 0 saturated carbocycles. The van der Waals surface area contributed by atoms with E-state index in [4.69, 9.17) is 14.7 Å². The molecular formula is C17H22N2O5. The summed E-state index contributed by atoms with van der Waals surface area (Å²) in [5.41, 5.74) is 2.74. The smallest absolute Gasteiger partial charge is 0.274 e. The van der Waals surface area contributed by atoms with Crippen molar-refractivity contribution in [2.24, 2.45) is 0 Å². The Morgan fingerprint density at radius 3 is 2.88 bits per heavy atom. The molecule has 3 rings (SSSR count). The van der Waals surface area contributed by atoms with Crippen LogP contribution in [0.1, 0.15) is 42.1 Å². The van der Waals surface area contributed by atoms with E-state index < -0.39 is 5.91 Å². The van der Waals surface area contributed by atoms with Gasteiger partial charge in [0.25, 0.3) is 11.8 Å². The van der Waals surface area contributed by atoms with Crippen LogP contribution in [0.5, 0.6) is 5.75 Å². The summed E-state index contributed by atoms with van der Waals surface area (Å²) in [4.78, 5) is 26.1. The van der Waals surface area contributed by atoms with E-state index in [1.165, 1.54) is 0 Å². The Hall–Kier alpha value is -2.12. The van der Waals surface area contributed by atoms with Gasteiger partial charge in [-0.25, -0.2) is 5.48 Å². The zero-order valence-corrected chi connectivity index (χ0v) is 13.7. The van der Waals surface area contributed by atoms with Crippen LogP contribution in [0.4, 0.5) is 0 Å². The average molecular weight is 334 g/mol. The molecule has 2 atom stereocenters. The highest BCUT2D eigenvalue weighted by atomic mass is 16.5. The monoisotopic (exact) mass is 334 g/mol. The Kier molecular flexibility index (Phi) is 5.01. The number of fused-ring (bicyclic) bond motifs is 1. The zero-order valence-electron chi connectivity index (χ0n) is 13.7. The summed E-state index contributed by atoms with van der Waals surface area (Å²) in [7, 11) is 0. The third-order valence-corrected chi connectivity index (χ3v) is 4.52. The minimum atomic E-state index is -0.595. The molecule has 2 heterocycles. The predicted octanol–water partition coefficient (Wildman–Crippen LogP) is 1.48. The first kappa shape index (κ1) is 16.7. The van der Waals surface area contributed by atoms with E-state index in [-0.39, 0.29) is 18.1 Å². The molecule has 2 aliphatic rings. The van der Waals surface area contributed by atoms with Gasteiger partial charge < -0.3 is 14.4 Å². The number of amides is 2. The van der Waals surface area contributed by atoms with E-state index >= 15 is 0 Å². The predicted molar refractivity (Wildman–Crippen MR) is 84.8 cm³/mol. The molecule has 1 saturated heterocycles. The largest absolute Gasteiger partial charge is 0.491 e. The fourth-order valence-electron chi connectivity index (χ4n) is 3.08. The summed E-state index contributed by atoms with van der Waals surface area (Å²) >= 11 is 0. The second-order valence-electron chi connectivity index (χ2n) is 6.24. The zero-order chi connectivity index (χ0) is 17.1. The van der Waals surface area contributed by atoms with Crippen LogP contribution >= 0.6 is 0 Å². The third kappa shape index (κ3) is 3.37. The number of rotatable bonds is 2. The summed E-state index contributed by atoms with van der Waals surface area (Å²) in [6.45, 7) is 3.32. The van der Waals surface area contributed by atoms with Gasteiger partial charge in [0.15, 0.2) is 0 Å². The topological polar surface area (TPSA) is 88.1 Å². The van der Waals surface area contributed by atoms with Crippen LogP contribution in [0.3, 0.4) is 0 Å². The first-order chi connectivity index (χ1) is 11.6. The third-order valence-electron chi connectivity index (χ3n) is 4.52. The normalized spacial score (nSPS) is 23.7. The van der Waals surface area contributed by atoms with E-state index in [1.807, 2.05) is 6.92 Å². The van der Waals surface area contributed by atoms with E-state index in [0.717, 1.165) is 24.8 Å². The fourth-order valence-corrected chi connectivity index (χ4v) is 3.08.